The SMILES string of the molecule is CS(=O)(=O)N1CCCC[C@@H]1C(=O)Nc1nc(-c2ccncc2)cs1. The van der Waals surface area contributed by atoms with Crippen LogP contribution >= 0.6 is 11.3 Å². The van der Waals surface area contributed by atoms with Crippen molar-refractivity contribution in [2.24, 2.45) is 0 Å². The Hall–Kier alpha value is -1.84. The number of thiazole rings is 1. The molecule has 0 spiro atoms. The van der Waals surface area contributed by atoms with Crippen LogP contribution in [0.5, 0.6) is 0 Å². The first kappa shape index (κ1) is 17.0. The van der Waals surface area contributed by atoms with Gasteiger partial charge in [0.05, 0.1) is 11.9 Å². The topological polar surface area (TPSA) is 92.3 Å². The minimum Gasteiger partial charge on any atom is -0.301 e. The van der Waals surface area contributed by atoms with Crippen molar-refractivity contribution >= 4 is 32.4 Å². The Labute approximate surface area is 144 Å². The first-order chi connectivity index (χ1) is 11.4. The van der Waals surface area contributed by atoms with Crippen LogP contribution in [-0.2, 0) is 14.8 Å². The molecular weight excluding hydrogens is 348 g/mol. The maximum atomic E-state index is 12.5. The van der Waals surface area contributed by atoms with Gasteiger partial charge in [-0.15, -0.1) is 11.3 Å². The average Bonchev–Trinajstić information content (AvgIpc) is 3.03. The fourth-order valence-corrected chi connectivity index (χ4v) is 4.59. The van der Waals surface area contributed by atoms with Gasteiger partial charge in [-0.05, 0) is 25.0 Å². The predicted octanol–water partition coefficient (Wildman–Crippen LogP) is 1.96. The zero-order chi connectivity index (χ0) is 17.2. The Morgan fingerprint density at radius 3 is 2.79 bits per heavy atom. The van der Waals surface area contributed by atoms with Crippen LogP contribution in [0.25, 0.3) is 11.3 Å². The van der Waals surface area contributed by atoms with Crippen LogP contribution in [0, 0.1) is 0 Å². The number of amides is 1. The molecule has 9 heteroatoms. The van der Waals surface area contributed by atoms with E-state index in [2.05, 4.69) is 15.3 Å². The highest BCUT2D eigenvalue weighted by molar-refractivity contribution is 7.88. The first-order valence-electron chi connectivity index (χ1n) is 7.59. The van der Waals surface area contributed by atoms with E-state index in [9.17, 15) is 13.2 Å². The molecule has 1 fully saturated rings. The van der Waals surface area contributed by atoms with E-state index in [0.717, 1.165) is 30.4 Å². The molecule has 1 saturated heterocycles. The van der Waals surface area contributed by atoms with Crippen LogP contribution in [0.1, 0.15) is 19.3 Å². The summed E-state index contributed by atoms with van der Waals surface area (Å²) in [7, 11) is -3.40. The molecule has 1 aliphatic heterocycles. The number of aromatic nitrogens is 2. The van der Waals surface area contributed by atoms with Crippen LogP contribution in [-0.4, -0.2) is 47.4 Å². The number of nitrogens with one attached hydrogen (secondary N) is 1. The van der Waals surface area contributed by atoms with Crippen molar-refractivity contribution in [3.8, 4) is 11.3 Å². The summed E-state index contributed by atoms with van der Waals surface area (Å²) in [6.45, 7) is 0.386. The molecule has 1 aliphatic rings. The van der Waals surface area contributed by atoms with Crippen LogP contribution < -0.4 is 5.32 Å². The molecule has 2 aromatic rings. The molecule has 0 aromatic carbocycles. The van der Waals surface area contributed by atoms with E-state index in [-0.39, 0.29) is 5.91 Å². The number of anilines is 1. The Morgan fingerprint density at radius 2 is 2.08 bits per heavy atom. The van der Waals surface area contributed by atoms with Crippen molar-refractivity contribution < 1.29 is 13.2 Å². The summed E-state index contributed by atoms with van der Waals surface area (Å²) in [5.74, 6) is -0.323. The summed E-state index contributed by atoms with van der Waals surface area (Å²) >= 11 is 1.31. The fourth-order valence-electron chi connectivity index (χ4n) is 2.74. The van der Waals surface area contributed by atoms with E-state index in [4.69, 9.17) is 0 Å². The summed E-state index contributed by atoms with van der Waals surface area (Å²) in [5.41, 5.74) is 1.67. The number of pyridine rings is 1. The van der Waals surface area contributed by atoms with Crippen molar-refractivity contribution in [2.75, 3.05) is 18.1 Å². The molecule has 2 aromatic heterocycles. The van der Waals surface area contributed by atoms with E-state index in [1.165, 1.54) is 15.6 Å². The van der Waals surface area contributed by atoms with Gasteiger partial charge >= 0.3 is 0 Å². The first-order valence-corrected chi connectivity index (χ1v) is 10.3. The van der Waals surface area contributed by atoms with Crippen molar-refractivity contribution in [2.45, 2.75) is 25.3 Å². The van der Waals surface area contributed by atoms with E-state index in [1.807, 2.05) is 17.5 Å². The molecule has 128 valence electrons. The third-order valence-corrected chi connectivity index (χ3v) is 5.94. The normalized spacial score (nSPS) is 19.1. The van der Waals surface area contributed by atoms with Gasteiger partial charge < -0.3 is 5.32 Å². The molecule has 0 bridgehead atoms. The van der Waals surface area contributed by atoms with Gasteiger partial charge in [0, 0.05) is 29.9 Å². The van der Waals surface area contributed by atoms with E-state index in [1.54, 1.807) is 12.4 Å². The highest BCUT2D eigenvalue weighted by Crippen LogP contribution is 2.26. The second-order valence-corrected chi connectivity index (χ2v) is 8.44. The van der Waals surface area contributed by atoms with Gasteiger partial charge in [0.2, 0.25) is 15.9 Å². The number of nitrogens with zero attached hydrogens (tertiary/aromatic N) is 3. The number of sulfonamides is 1. The highest BCUT2D eigenvalue weighted by atomic mass is 32.2. The fraction of sp³-hybridized carbons (Fsp3) is 0.400. The van der Waals surface area contributed by atoms with Gasteiger partial charge in [-0.3, -0.25) is 9.78 Å². The number of piperidine rings is 1. The monoisotopic (exact) mass is 366 g/mol. The lowest BCUT2D eigenvalue weighted by Crippen LogP contribution is -2.49. The van der Waals surface area contributed by atoms with Gasteiger partial charge in [0.1, 0.15) is 6.04 Å². The van der Waals surface area contributed by atoms with E-state index < -0.39 is 16.1 Å². The van der Waals surface area contributed by atoms with Crippen LogP contribution in [0.15, 0.2) is 29.9 Å². The van der Waals surface area contributed by atoms with Gasteiger partial charge in [0.25, 0.3) is 0 Å². The molecule has 7 nitrogen and oxygen atoms in total. The summed E-state index contributed by atoms with van der Waals surface area (Å²) in [6.07, 6.45) is 6.65. The maximum Gasteiger partial charge on any atom is 0.244 e. The van der Waals surface area contributed by atoms with Crippen molar-refractivity contribution in [3.05, 3.63) is 29.9 Å². The maximum absolute atomic E-state index is 12.5. The van der Waals surface area contributed by atoms with Crippen LogP contribution in [0.3, 0.4) is 0 Å². The average molecular weight is 366 g/mol. The van der Waals surface area contributed by atoms with Gasteiger partial charge in [-0.1, -0.05) is 6.42 Å². The molecule has 0 radical (unpaired) electrons. The van der Waals surface area contributed by atoms with E-state index >= 15 is 0 Å². The Kier molecular flexibility index (Phi) is 4.93. The van der Waals surface area contributed by atoms with Gasteiger partial charge in [0.15, 0.2) is 5.13 Å². The molecule has 0 saturated carbocycles. The zero-order valence-corrected chi connectivity index (χ0v) is 14.8. The van der Waals surface area contributed by atoms with Crippen molar-refractivity contribution in [3.63, 3.8) is 0 Å². The molecule has 0 unspecified atom stereocenters. The second kappa shape index (κ2) is 6.96. The summed E-state index contributed by atoms with van der Waals surface area (Å²) in [5, 5.41) is 5.06. The van der Waals surface area contributed by atoms with Crippen LogP contribution in [0.2, 0.25) is 0 Å². The van der Waals surface area contributed by atoms with Gasteiger partial charge in [-0.2, -0.15) is 4.31 Å². The number of hydrogen-bond acceptors (Lipinski definition) is 6. The minimum atomic E-state index is -3.40. The predicted molar refractivity (Wildman–Crippen MR) is 93.2 cm³/mol. The summed E-state index contributed by atoms with van der Waals surface area (Å²) in [4.78, 5) is 20.9. The molecular formula is C15H18N4O3S2. The molecule has 1 amide bonds. The number of carbonyl (C=O) groups is 1. The number of carbonyl (C=O) groups excluding carboxylic acids is 1. The summed E-state index contributed by atoms with van der Waals surface area (Å²) in [6, 6.07) is 3.02. The highest BCUT2D eigenvalue weighted by Gasteiger charge is 2.34. The molecule has 1 N–H and O–H groups in total. The third-order valence-electron chi connectivity index (χ3n) is 3.89. The zero-order valence-electron chi connectivity index (χ0n) is 13.2. The third kappa shape index (κ3) is 3.80. The Balaban J connectivity index is 1.74. The lowest BCUT2D eigenvalue weighted by Gasteiger charge is -2.32. The Morgan fingerprint density at radius 1 is 1.33 bits per heavy atom. The second-order valence-electron chi connectivity index (χ2n) is 5.65. The minimum absolute atomic E-state index is 0.323. The lowest BCUT2D eigenvalue weighted by atomic mass is 10.0. The number of rotatable bonds is 4. The summed E-state index contributed by atoms with van der Waals surface area (Å²) < 4.78 is 25.0. The lowest BCUT2D eigenvalue weighted by molar-refractivity contribution is -0.120. The smallest absolute Gasteiger partial charge is 0.244 e. The number of hydrogen-bond donors (Lipinski definition) is 1. The van der Waals surface area contributed by atoms with E-state index in [0.29, 0.717) is 18.1 Å². The van der Waals surface area contributed by atoms with Gasteiger partial charge in [-0.25, -0.2) is 13.4 Å². The van der Waals surface area contributed by atoms with Crippen molar-refractivity contribution in [1.82, 2.24) is 14.3 Å². The molecule has 3 heterocycles. The molecule has 1 atom stereocenters. The molecule has 0 aliphatic carbocycles. The standard InChI is InChI=1S/C15H18N4O3S2/c1-24(21,22)19-9-3-2-4-13(19)14(20)18-15-17-12(10-23-15)11-5-7-16-8-6-11/h5-8,10,13H,2-4,9H2,1H3,(H,17,18,20)/t13-/m1/s1. The van der Waals surface area contributed by atoms with Crippen molar-refractivity contribution in [1.29, 1.82) is 0 Å². The molecule has 24 heavy (non-hydrogen) atoms. The Bertz CT molecular complexity index is 820. The van der Waals surface area contributed by atoms with Crippen LogP contribution in [0.4, 0.5) is 5.13 Å². The largest absolute Gasteiger partial charge is 0.301 e. The molecule has 3 rings (SSSR count). The quantitative estimate of drug-likeness (QED) is 0.893.